The molecule has 1 fully saturated rings. The number of rotatable bonds is 13. The molecule has 0 bridgehead atoms. The number of alkyl halides is 2. The van der Waals surface area contributed by atoms with Crippen LogP contribution < -0.4 is 0 Å². The van der Waals surface area contributed by atoms with Crippen LogP contribution in [0.15, 0.2) is 59.6 Å². The Bertz CT molecular complexity index is 1320. The van der Waals surface area contributed by atoms with Gasteiger partial charge in [0, 0.05) is 29.6 Å². The largest absolute Gasteiger partial charge is 0.294 e. The van der Waals surface area contributed by atoms with Gasteiger partial charge in [-0.05, 0) is 125 Å². The summed E-state index contributed by atoms with van der Waals surface area (Å²) in [5, 5.41) is 0. The van der Waals surface area contributed by atoms with Crippen molar-refractivity contribution in [3.63, 3.8) is 0 Å². The van der Waals surface area contributed by atoms with Crippen molar-refractivity contribution in [2.45, 2.75) is 112 Å². The molecule has 0 amide bonds. The molecule has 2 aromatic carbocycles. The van der Waals surface area contributed by atoms with Gasteiger partial charge in [-0.15, -0.1) is 0 Å². The highest BCUT2D eigenvalue weighted by molar-refractivity contribution is 5.93. The number of allylic oxidation sites excluding steroid dienone is 1. The van der Waals surface area contributed by atoms with E-state index in [-0.39, 0.29) is 11.5 Å². The summed E-state index contributed by atoms with van der Waals surface area (Å²) in [4.78, 5) is 7.70. The van der Waals surface area contributed by atoms with Crippen LogP contribution in [0, 0.1) is 24.7 Å². The van der Waals surface area contributed by atoms with E-state index in [9.17, 15) is 8.78 Å². The van der Waals surface area contributed by atoms with Crippen LogP contribution in [0.2, 0.25) is 0 Å². The van der Waals surface area contributed by atoms with E-state index in [1.807, 2.05) is 12.1 Å². The number of nitrogens with zero attached hydrogens (tertiary/aromatic N) is 2. The van der Waals surface area contributed by atoms with E-state index in [1.165, 1.54) is 28.0 Å². The van der Waals surface area contributed by atoms with Crippen molar-refractivity contribution in [1.82, 2.24) is 4.90 Å². The first-order valence-electron chi connectivity index (χ1n) is 16.3. The first-order valence-corrected chi connectivity index (χ1v) is 16.3. The van der Waals surface area contributed by atoms with E-state index in [0.29, 0.717) is 11.8 Å². The summed E-state index contributed by atoms with van der Waals surface area (Å²) in [6, 6.07) is 12.6. The zero-order valence-electron chi connectivity index (χ0n) is 28.5. The van der Waals surface area contributed by atoms with Gasteiger partial charge in [-0.3, -0.25) is 9.89 Å². The van der Waals surface area contributed by atoms with E-state index >= 15 is 0 Å². The highest BCUT2D eigenvalue weighted by Crippen LogP contribution is 2.41. The molecule has 0 heterocycles. The molecule has 3 rings (SSSR count). The predicted molar refractivity (Wildman–Crippen MR) is 183 cm³/mol. The van der Waals surface area contributed by atoms with Gasteiger partial charge in [0.2, 0.25) is 6.43 Å². The summed E-state index contributed by atoms with van der Waals surface area (Å²) in [6.45, 7) is 24.3. The van der Waals surface area contributed by atoms with E-state index in [4.69, 9.17) is 4.99 Å². The molecule has 4 heteroatoms. The Labute approximate surface area is 261 Å². The Kier molecular flexibility index (Phi) is 12.1. The maximum atomic E-state index is 13.9. The predicted octanol–water partition coefficient (Wildman–Crippen LogP) is 11.0. The number of hydrogen-bond donors (Lipinski definition) is 0. The van der Waals surface area contributed by atoms with Gasteiger partial charge >= 0.3 is 0 Å². The molecule has 2 aromatic rings. The molecule has 4 atom stereocenters. The van der Waals surface area contributed by atoms with Gasteiger partial charge in [-0.25, -0.2) is 8.78 Å². The third-order valence-corrected chi connectivity index (χ3v) is 10.3. The molecule has 43 heavy (non-hydrogen) atoms. The second kappa shape index (κ2) is 14.9. The van der Waals surface area contributed by atoms with Crippen molar-refractivity contribution >= 4 is 17.0 Å². The number of halogens is 2. The summed E-state index contributed by atoms with van der Waals surface area (Å²) in [7, 11) is 2.14. The maximum Gasteiger partial charge on any atom is 0.245 e. The molecule has 1 aliphatic rings. The quantitative estimate of drug-likeness (QED) is 0.212. The number of benzene rings is 2. The smallest absolute Gasteiger partial charge is 0.245 e. The summed E-state index contributed by atoms with van der Waals surface area (Å²) < 4.78 is 27.9. The van der Waals surface area contributed by atoms with Gasteiger partial charge < -0.3 is 0 Å². The molecule has 0 N–H and O–H groups in total. The molecular weight excluding hydrogens is 534 g/mol. The first kappa shape index (κ1) is 34.9. The Morgan fingerprint density at radius 1 is 1.16 bits per heavy atom. The van der Waals surface area contributed by atoms with Crippen LogP contribution in [-0.2, 0) is 12.8 Å². The standard InChI is InChI=1S/C39H56F2N2/c1-12-15-30-16-14-17-34(29(8)38(40)41)35(30)24-32-22-27(6)33(13-2)37(32)42-36-19-18-31(23-28(36)7)26(5)20-21-43(11)39(9,10)25(3)4/h14,16-20,23,27,29,32-33,38H,3,12-13,15,21-22,24H2,1-2,4-11H3/b26-20+,42-37?. The fourth-order valence-corrected chi connectivity index (χ4v) is 6.63. The molecule has 1 saturated carbocycles. The summed E-state index contributed by atoms with van der Waals surface area (Å²) >= 11 is 0. The van der Waals surface area contributed by atoms with Crippen molar-refractivity contribution < 1.29 is 8.78 Å². The van der Waals surface area contributed by atoms with E-state index < -0.39 is 12.3 Å². The Morgan fingerprint density at radius 2 is 1.86 bits per heavy atom. The molecule has 0 saturated heterocycles. The number of aliphatic imine (C=N–C) groups is 1. The lowest BCUT2D eigenvalue weighted by molar-refractivity contribution is 0.120. The minimum Gasteiger partial charge on any atom is -0.294 e. The van der Waals surface area contributed by atoms with E-state index in [2.05, 4.69) is 104 Å². The van der Waals surface area contributed by atoms with Crippen molar-refractivity contribution in [2.75, 3.05) is 13.6 Å². The molecule has 236 valence electrons. The normalized spacial score (nSPS) is 21.3. The van der Waals surface area contributed by atoms with Crippen LogP contribution in [-0.4, -0.2) is 36.2 Å². The Hall–Kier alpha value is -2.59. The van der Waals surface area contributed by atoms with E-state index in [1.54, 1.807) is 6.92 Å². The molecule has 0 spiro atoms. The second-order valence-corrected chi connectivity index (χ2v) is 13.6. The molecule has 1 aliphatic carbocycles. The molecular formula is C39H56F2N2. The number of likely N-dealkylation sites (N-methyl/N-ethyl adjacent to an activating group) is 1. The summed E-state index contributed by atoms with van der Waals surface area (Å²) in [6.07, 6.45) is 4.72. The lowest BCUT2D eigenvalue weighted by atomic mass is 9.84. The van der Waals surface area contributed by atoms with Crippen LogP contribution in [0.1, 0.15) is 108 Å². The maximum absolute atomic E-state index is 13.9. The van der Waals surface area contributed by atoms with Crippen LogP contribution in [0.5, 0.6) is 0 Å². The van der Waals surface area contributed by atoms with Crippen molar-refractivity contribution in [3.05, 3.63) is 82.4 Å². The molecule has 0 aromatic heterocycles. The third kappa shape index (κ3) is 8.12. The summed E-state index contributed by atoms with van der Waals surface area (Å²) in [5.74, 6) is 0.417. The van der Waals surface area contributed by atoms with Crippen molar-refractivity contribution in [2.24, 2.45) is 22.7 Å². The third-order valence-electron chi connectivity index (χ3n) is 10.3. The first-order chi connectivity index (χ1) is 20.2. The minimum absolute atomic E-state index is 0.0628. The highest BCUT2D eigenvalue weighted by Gasteiger charge is 2.37. The van der Waals surface area contributed by atoms with Crippen LogP contribution in [0.25, 0.3) is 5.57 Å². The lowest BCUT2D eigenvalue weighted by Crippen LogP contribution is -2.41. The zero-order valence-corrected chi connectivity index (χ0v) is 28.5. The fourth-order valence-electron chi connectivity index (χ4n) is 6.63. The minimum atomic E-state index is -2.37. The Balaban J connectivity index is 1.95. The Morgan fingerprint density at radius 3 is 2.44 bits per heavy atom. The SMILES string of the molecule is C=C(C)C(C)(C)N(C)C/C=C(\C)c1ccc(N=C2C(Cc3c(CCC)cccc3C(C)C(F)F)CC(C)C2CC)c(C)c1. The zero-order chi connectivity index (χ0) is 32.1. The topological polar surface area (TPSA) is 15.6 Å². The van der Waals surface area contributed by atoms with Gasteiger partial charge in [-0.1, -0.05) is 76.6 Å². The summed E-state index contributed by atoms with van der Waals surface area (Å²) in [5.41, 5.74) is 10.2. The highest BCUT2D eigenvalue weighted by atomic mass is 19.3. The fraction of sp³-hybridized carbons (Fsp3) is 0.564. The van der Waals surface area contributed by atoms with Crippen molar-refractivity contribution in [3.8, 4) is 0 Å². The lowest BCUT2D eigenvalue weighted by Gasteiger charge is -2.35. The molecule has 2 nitrogen and oxygen atoms in total. The molecule has 0 radical (unpaired) electrons. The average molecular weight is 591 g/mol. The molecule has 4 unspecified atom stereocenters. The monoisotopic (exact) mass is 590 g/mol. The van der Waals surface area contributed by atoms with Gasteiger partial charge in [-0.2, -0.15) is 0 Å². The second-order valence-electron chi connectivity index (χ2n) is 13.6. The van der Waals surface area contributed by atoms with Crippen molar-refractivity contribution in [1.29, 1.82) is 0 Å². The average Bonchev–Trinajstić information content (AvgIpc) is 3.25. The number of hydrogen-bond acceptors (Lipinski definition) is 2. The van der Waals surface area contributed by atoms with Gasteiger partial charge in [0.25, 0.3) is 0 Å². The van der Waals surface area contributed by atoms with Gasteiger partial charge in [0.05, 0.1) is 5.69 Å². The van der Waals surface area contributed by atoms with Crippen LogP contribution in [0.4, 0.5) is 14.5 Å². The number of aryl methyl sites for hydroxylation is 2. The van der Waals surface area contributed by atoms with Gasteiger partial charge in [0.15, 0.2) is 0 Å². The van der Waals surface area contributed by atoms with Crippen LogP contribution in [0.3, 0.4) is 0 Å². The van der Waals surface area contributed by atoms with Crippen LogP contribution >= 0.6 is 0 Å². The van der Waals surface area contributed by atoms with Gasteiger partial charge in [0.1, 0.15) is 0 Å². The molecule has 0 aliphatic heterocycles. The van der Waals surface area contributed by atoms with E-state index in [0.717, 1.165) is 61.0 Å².